The van der Waals surface area contributed by atoms with E-state index in [2.05, 4.69) is 6.92 Å². The molecule has 0 aromatic heterocycles. The second-order valence-corrected chi connectivity index (χ2v) is 12.7. The lowest BCUT2D eigenvalue weighted by atomic mass is 9.50. The summed E-state index contributed by atoms with van der Waals surface area (Å²) < 4.78 is 45.1. The Morgan fingerprint density at radius 2 is 2.00 bits per heavy atom. The average molecular weight is 506 g/mol. The van der Waals surface area contributed by atoms with Crippen LogP contribution in [0.5, 0.6) is 5.75 Å². The van der Waals surface area contributed by atoms with Gasteiger partial charge in [-0.2, -0.15) is 0 Å². The van der Waals surface area contributed by atoms with Crippen molar-refractivity contribution in [1.29, 1.82) is 0 Å². The number of fused-ring (bicyclic) bond motifs is 5. The molecular formula is C26H32FNO6S. The number of carbonyl (C=O) groups excluding carboxylic acids is 2. The third kappa shape index (κ3) is 4.00. The average Bonchev–Trinajstić information content (AvgIpc) is 3.09. The summed E-state index contributed by atoms with van der Waals surface area (Å²) in [4.78, 5) is 24.7. The van der Waals surface area contributed by atoms with Crippen molar-refractivity contribution >= 4 is 21.8 Å². The van der Waals surface area contributed by atoms with Crippen LogP contribution in [0.4, 0.5) is 4.39 Å². The first-order chi connectivity index (χ1) is 16.4. The molecule has 0 heterocycles. The van der Waals surface area contributed by atoms with Gasteiger partial charge in [-0.05, 0) is 86.0 Å². The largest absolute Gasteiger partial charge is 0.507 e. The van der Waals surface area contributed by atoms with E-state index in [4.69, 9.17) is 9.88 Å². The lowest BCUT2D eigenvalue weighted by molar-refractivity contribution is -0.119. The molecular weight excluding hydrogens is 473 g/mol. The van der Waals surface area contributed by atoms with Crippen LogP contribution < -0.4 is 5.14 Å². The molecule has 190 valence electrons. The number of phenols is 1. The predicted molar refractivity (Wildman–Crippen MR) is 126 cm³/mol. The van der Waals surface area contributed by atoms with E-state index in [1.54, 1.807) is 6.08 Å². The maximum atomic E-state index is 15.9. The van der Waals surface area contributed by atoms with Crippen molar-refractivity contribution in [2.45, 2.75) is 69.5 Å². The van der Waals surface area contributed by atoms with Gasteiger partial charge in [0, 0.05) is 11.8 Å². The molecule has 0 bridgehead atoms. The molecule has 1 aromatic carbocycles. The fraction of sp³-hybridized carbons (Fsp3) is 0.615. The molecule has 3 N–H and O–H groups in total. The van der Waals surface area contributed by atoms with Crippen LogP contribution >= 0.6 is 0 Å². The summed E-state index contributed by atoms with van der Waals surface area (Å²) >= 11 is 0. The molecule has 5 rings (SSSR count). The summed E-state index contributed by atoms with van der Waals surface area (Å²) in [7, 11) is -4.07. The number of esters is 1. The minimum absolute atomic E-state index is 0.0977. The van der Waals surface area contributed by atoms with Gasteiger partial charge in [-0.1, -0.05) is 19.4 Å². The number of benzene rings is 1. The van der Waals surface area contributed by atoms with Crippen LogP contribution in [-0.4, -0.2) is 37.6 Å². The minimum Gasteiger partial charge on any atom is -0.507 e. The van der Waals surface area contributed by atoms with Crippen molar-refractivity contribution in [2.24, 2.45) is 40.1 Å². The van der Waals surface area contributed by atoms with Gasteiger partial charge in [0.1, 0.15) is 23.6 Å². The van der Waals surface area contributed by atoms with Gasteiger partial charge in [-0.25, -0.2) is 22.7 Å². The van der Waals surface area contributed by atoms with Gasteiger partial charge in [0.25, 0.3) is 0 Å². The number of halogens is 1. The fourth-order valence-corrected chi connectivity index (χ4v) is 8.26. The summed E-state index contributed by atoms with van der Waals surface area (Å²) in [5.74, 6) is -0.569. The van der Waals surface area contributed by atoms with Crippen molar-refractivity contribution in [3.05, 3.63) is 35.4 Å². The number of rotatable bonds is 3. The summed E-state index contributed by atoms with van der Waals surface area (Å²) in [6, 6.07) is 3.23. The molecule has 0 amide bonds. The van der Waals surface area contributed by atoms with Crippen molar-refractivity contribution in [1.82, 2.24) is 0 Å². The van der Waals surface area contributed by atoms with Crippen LogP contribution in [0.3, 0.4) is 0 Å². The van der Waals surface area contributed by atoms with E-state index in [9.17, 15) is 23.1 Å². The molecule has 4 aliphatic carbocycles. The molecule has 4 aliphatic rings. The number of alkyl halides is 1. The first kappa shape index (κ1) is 24.4. The quantitative estimate of drug-likeness (QED) is 0.601. The Morgan fingerprint density at radius 3 is 2.71 bits per heavy atom. The van der Waals surface area contributed by atoms with Crippen LogP contribution in [0, 0.1) is 35.0 Å². The zero-order valence-corrected chi connectivity index (χ0v) is 20.8. The molecule has 35 heavy (non-hydrogen) atoms. The molecule has 1 aromatic rings. The van der Waals surface area contributed by atoms with E-state index in [1.165, 1.54) is 0 Å². The number of sulfonamides is 1. The van der Waals surface area contributed by atoms with Gasteiger partial charge >= 0.3 is 5.97 Å². The topological polar surface area (TPSA) is 124 Å². The minimum atomic E-state index is -4.07. The first-order valence-electron chi connectivity index (χ1n) is 12.4. The van der Waals surface area contributed by atoms with Gasteiger partial charge in [0.05, 0.1) is 4.90 Å². The monoisotopic (exact) mass is 505 g/mol. The standard InChI is InChI=1S/C26H32FNO6S/c1-13-9-18-20-6-8-23(34-25(31)19-11-15(35(28,32)33)4-7-22(19)30)26(20,2)12-21(27)24(18)16-5-3-14(29)10-17(13)16/h4,7,10-11,13,16,18,20-21,23-24,30H,3,5-6,8-9,12H2,1-2H3,(H2,28,32,33)/t13-,16-,18?,20?,21?,23-,24?,26-/m0/s1. The normalized spacial score (nSPS) is 38.7. The second-order valence-electron chi connectivity index (χ2n) is 11.2. The number of hydrogen-bond donors (Lipinski definition) is 2. The zero-order chi connectivity index (χ0) is 25.3. The highest BCUT2D eigenvalue weighted by atomic mass is 32.2. The van der Waals surface area contributed by atoms with Crippen LogP contribution in [0.2, 0.25) is 0 Å². The van der Waals surface area contributed by atoms with E-state index in [-0.39, 0.29) is 52.3 Å². The molecule has 0 saturated heterocycles. The van der Waals surface area contributed by atoms with Crippen LogP contribution in [0.25, 0.3) is 0 Å². The molecule has 0 aliphatic heterocycles. The van der Waals surface area contributed by atoms with Crippen molar-refractivity contribution < 1.29 is 32.2 Å². The molecule has 3 fully saturated rings. The van der Waals surface area contributed by atoms with Crippen LogP contribution in [0.15, 0.2) is 34.7 Å². The van der Waals surface area contributed by atoms with Gasteiger partial charge in [-0.15, -0.1) is 0 Å². The Bertz CT molecular complexity index is 1210. The Balaban J connectivity index is 1.40. The number of ether oxygens (including phenoxy) is 1. The van der Waals surface area contributed by atoms with E-state index in [0.29, 0.717) is 19.3 Å². The predicted octanol–water partition coefficient (Wildman–Crippen LogP) is 3.90. The van der Waals surface area contributed by atoms with Gasteiger partial charge in [-0.3, -0.25) is 4.79 Å². The van der Waals surface area contributed by atoms with Crippen LogP contribution in [-0.2, 0) is 19.6 Å². The highest BCUT2D eigenvalue weighted by molar-refractivity contribution is 7.89. The van der Waals surface area contributed by atoms with Gasteiger partial charge in [0.15, 0.2) is 5.78 Å². The highest BCUT2D eigenvalue weighted by Crippen LogP contribution is 2.63. The Hall–Kier alpha value is -2.26. The van der Waals surface area contributed by atoms with E-state index in [1.807, 2.05) is 6.92 Å². The number of hydrogen-bond acceptors (Lipinski definition) is 6. The molecule has 0 radical (unpaired) electrons. The molecule has 4 unspecified atom stereocenters. The molecule has 8 atom stereocenters. The number of carbonyl (C=O) groups is 2. The smallest absolute Gasteiger partial charge is 0.342 e. The van der Waals surface area contributed by atoms with Crippen molar-refractivity contribution in [3.8, 4) is 5.75 Å². The zero-order valence-electron chi connectivity index (χ0n) is 19.9. The van der Waals surface area contributed by atoms with Gasteiger partial charge < -0.3 is 9.84 Å². The number of primary sulfonamides is 1. The third-order valence-corrected chi connectivity index (χ3v) is 10.2. The van der Waals surface area contributed by atoms with E-state index >= 15 is 4.39 Å². The molecule has 3 saturated carbocycles. The van der Waals surface area contributed by atoms with Crippen LogP contribution in [0.1, 0.15) is 62.7 Å². The van der Waals surface area contributed by atoms with Crippen molar-refractivity contribution in [2.75, 3.05) is 0 Å². The lowest BCUT2D eigenvalue weighted by Gasteiger charge is -2.56. The number of allylic oxidation sites excluding steroid dienone is 1. The van der Waals surface area contributed by atoms with Crippen molar-refractivity contribution in [3.63, 3.8) is 0 Å². The van der Waals surface area contributed by atoms with E-state index < -0.39 is 39.4 Å². The highest BCUT2D eigenvalue weighted by Gasteiger charge is 2.61. The lowest BCUT2D eigenvalue weighted by Crippen LogP contribution is -2.54. The van der Waals surface area contributed by atoms with Gasteiger partial charge in [0.2, 0.25) is 10.0 Å². The first-order valence-corrected chi connectivity index (χ1v) is 13.9. The maximum absolute atomic E-state index is 15.9. The number of nitrogens with two attached hydrogens (primary N) is 1. The third-order valence-electron chi connectivity index (χ3n) is 9.27. The SMILES string of the molecule is C[C@H]1CC2C(C(F)C[C@@]3(C)C2CC[C@@H]3OC(=O)c2cc(S(N)(=O)=O)ccc2O)[C@H]2CCC(=O)C=C12. The Kier molecular flexibility index (Phi) is 5.87. The molecule has 9 heteroatoms. The summed E-state index contributed by atoms with van der Waals surface area (Å²) in [5.41, 5.74) is 0.274. The molecule has 7 nitrogen and oxygen atoms in total. The summed E-state index contributed by atoms with van der Waals surface area (Å²) in [6.45, 7) is 4.12. The number of ketones is 1. The molecule has 0 spiro atoms. The Morgan fingerprint density at radius 1 is 1.26 bits per heavy atom. The van der Waals surface area contributed by atoms with E-state index in [0.717, 1.165) is 36.6 Å². The summed E-state index contributed by atoms with van der Waals surface area (Å²) in [5, 5.41) is 15.3. The summed E-state index contributed by atoms with van der Waals surface area (Å²) in [6.07, 6.45) is 3.81. The fourth-order valence-electron chi connectivity index (χ4n) is 7.72. The maximum Gasteiger partial charge on any atom is 0.342 e. The number of aromatic hydroxyl groups is 1. The number of phenolic OH excluding ortho intramolecular Hbond substituents is 1. The second kappa shape index (κ2) is 8.40. The Labute approximate surface area is 205 Å².